The van der Waals surface area contributed by atoms with Gasteiger partial charge >= 0.3 is 0 Å². The first-order chi connectivity index (χ1) is 9.20. The summed E-state index contributed by atoms with van der Waals surface area (Å²) < 4.78 is 5.85. The molecule has 102 valence electrons. The van der Waals surface area contributed by atoms with Gasteiger partial charge in [-0.3, -0.25) is 0 Å². The Hall–Kier alpha value is -1.39. The van der Waals surface area contributed by atoms with Crippen LogP contribution in [0.15, 0.2) is 23.6 Å². The predicted molar refractivity (Wildman–Crippen MR) is 77.8 cm³/mol. The number of aliphatic hydroxyl groups is 1. The van der Waals surface area contributed by atoms with Crippen LogP contribution in [0.4, 0.5) is 0 Å². The van der Waals surface area contributed by atoms with Crippen molar-refractivity contribution in [2.45, 2.75) is 33.3 Å². The summed E-state index contributed by atoms with van der Waals surface area (Å²) in [6, 6.07) is 6.18. The molecule has 0 amide bonds. The van der Waals surface area contributed by atoms with Crippen molar-refractivity contribution in [1.82, 2.24) is 4.98 Å². The van der Waals surface area contributed by atoms with Crippen molar-refractivity contribution >= 4 is 11.3 Å². The van der Waals surface area contributed by atoms with Crippen LogP contribution in [0.5, 0.6) is 5.75 Å². The molecule has 0 aliphatic rings. The minimum Gasteiger partial charge on any atom is -0.493 e. The van der Waals surface area contributed by atoms with E-state index < -0.39 is 0 Å². The largest absolute Gasteiger partial charge is 0.493 e. The number of thiazole rings is 1. The van der Waals surface area contributed by atoms with E-state index in [1.165, 1.54) is 11.1 Å². The number of benzene rings is 1. The van der Waals surface area contributed by atoms with Crippen molar-refractivity contribution in [3.8, 4) is 5.75 Å². The average Bonchev–Trinajstić information content (AvgIpc) is 2.85. The highest BCUT2D eigenvalue weighted by atomic mass is 32.1. The van der Waals surface area contributed by atoms with Crippen LogP contribution in [-0.4, -0.2) is 16.7 Å². The molecule has 1 N–H and O–H groups in total. The molecule has 2 rings (SSSR count). The summed E-state index contributed by atoms with van der Waals surface area (Å²) in [4.78, 5) is 4.32. The first-order valence-electron chi connectivity index (χ1n) is 6.44. The second-order valence-corrected chi connectivity index (χ2v) is 5.51. The Labute approximate surface area is 117 Å². The third kappa shape index (κ3) is 3.78. The zero-order chi connectivity index (χ0) is 13.7. The molecule has 4 heteroatoms. The van der Waals surface area contributed by atoms with Gasteiger partial charge in [-0.2, -0.15) is 0 Å². The molecule has 0 aliphatic carbocycles. The molecule has 1 heterocycles. The highest BCUT2D eigenvalue weighted by Gasteiger charge is 2.04. The van der Waals surface area contributed by atoms with E-state index in [-0.39, 0.29) is 6.61 Å². The van der Waals surface area contributed by atoms with Crippen LogP contribution in [-0.2, 0) is 13.0 Å². The topological polar surface area (TPSA) is 42.4 Å². The Balaban J connectivity index is 1.80. The number of hydrogen-bond donors (Lipinski definition) is 1. The van der Waals surface area contributed by atoms with Crippen LogP contribution < -0.4 is 4.74 Å². The first kappa shape index (κ1) is 14.0. The number of aromatic nitrogens is 1. The van der Waals surface area contributed by atoms with Crippen molar-refractivity contribution < 1.29 is 9.84 Å². The Morgan fingerprint density at radius 2 is 2.00 bits per heavy atom. The Morgan fingerprint density at radius 3 is 2.63 bits per heavy atom. The minimum atomic E-state index is 0.0232. The van der Waals surface area contributed by atoms with E-state index in [4.69, 9.17) is 9.84 Å². The molecule has 0 unspecified atom stereocenters. The zero-order valence-electron chi connectivity index (χ0n) is 11.3. The lowest BCUT2D eigenvalue weighted by Crippen LogP contribution is -2.02. The van der Waals surface area contributed by atoms with E-state index in [1.807, 2.05) is 11.4 Å². The lowest BCUT2D eigenvalue weighted by Gasteiger charge is -2.11. The molecular weight excluding hydrogens is 258 g/mol. The fourth-order valence-electron chi connectivity index (χ4n) is 1.96. The Morgan fingerprint density at radius 1 is 1.26 bits per heavy atom. The van der Waals surface area contributed by atoms with E-state index in [2.05, 4.69) is 31.0 Å². The summed E-state index contributed by atoms with van der Waals surface area (Å²) in [7, 11) is 0. The van der Waals surface area contributed by atoms with Gasteiger partial charge in [0.15, 0.2) is 0 Å². The maximum absolute atomic E-state index is 8.95. The normalized spacial score (nSPS) is 10.7. The molecule has 0 radical (unpaired) electrons. The van der Waals surface area contributed by atoms with Gasteiger partial charge in [0, 0.05) is 11.8 Å². The number of nitrogens with zero attached hydrogens (tertiary/aromatic N) is 1. The van der Waals surface area contributed by atoms with Crippen LogP contribution in [0.3, 0.4) is 0 Å². The van der Waals surface area contributed by atoms with Crippen LogP contribution >= 0.6 is 11.3 Å². The second-order valence-electron chi connectivity index (χ2n) is 4.56. The van der Waals surface area contributed by atoms with E-state index in [9.17, 15) is 0 Å². The highest BCUT2D eigenvalue weighted by molar-refractivity contribution is 7.09. The summed E-state index contributed by atoms with van der Waals surface area (Å²) in [6.45, 7) is 4.85. The molecule has 0 atom stereocenters. The van der Waals surface area contributed by atoms with Gasteiger partial charge in [0.05, 0.1) is 23.9 Å². The average molecular weight is 277 g/mol. The molecule has 2 aromatic rings. The number of aryl methyl sites for hydroxylation is 3. The third-order valence-corrected chi connectivity index (χ3v) is 3.91. The molecule has 0 aliphatic heterocycles. The van der Waals surface area contributed by atoms with Crippen LogP contribution in [0, 0.1) is 13.8 Å². The number of ether oxygens (including phenoxy) is 1. The maximum atomic E-state index is 8.95. The molecule has 1 aromatic heterocycles. The third-order valence-electron chi connectivity index (χ3n) is 2.95. The number of para-hydroxylation sites is 1. The zero-order valence-corrected chi connectivity index (χ0v) is 12.2. The fraction of sp³-hybridized carbons (Fsp3) is 0.400. The minimum absolute atomic E-state index is 0.0232. The van der Waals surface area contributed by atoms with Crippen molar-refractivity contribution in [2.75, 3.05) is 6.61 Å². The monoisotopic (exact) mass is 277 g/mol. The SMILES string of the molecule is Cc1cccc(C)c1OCCCc1nc(CO)cs1. The van der Waals surface area contributed by atoms with Gasteiger partial charge in [0.1, 0.15) is 5.75 Å². The smallest absolute Gasteiger partial charge is 0.125 e. The van der Waals surface area contributed by atoms with E-state index in [0.29, 0.717) is 6.61 Å². The number of rotatable bonds is 6. The van der Waals surface area contributed by atoms with Crippen LogP contribution in [0.2, 0.25) is 0 Å². The van der Waals surface area contributed by atoms with Gasteiger partial charge in [-0.15, -0.1) is 11.3 Å². The summed E-state index contributed by atoms with van der Waals surface area (Å²) in [5, 5.41) is 11.9. The number of hydrogen-bond acceptors (Lipinski definition) is 4. The molecule has 19 heavy (non-hydrogen) atoms. The highest BCUT2D eigenvalue weighted by Crippen LogP contribution is 2.22. The van der Waals surface area contributed by atoms with Gasteiger partial charge in [0.2, 0.25) is 0 Å². The Bertz CT molecular complexity index is 516. The van der Waals surface area contributed by atoms with Gasteiger partial charge in [-0.1, -0.05) is 18.2 Å². The summed E-state index contributed by atoms with van der Waals surface area (Å²) in [5.41, 5.74) is 3.12. The fourth-order valence-corrected chi connectivity index (χ4v) is 2.79. The van der Waals surface area contributed by atoms with E-state index in [0.717, 1.165) is 29.3 Å². The van der Waals surface area contributed by atoms with Gasteiger partial charge in [-0.25, -0.2) is 4.98 Å². The summed E-state index contributed by atoms with van der Waals surface area (Å²) in [5.74, 6) is 0.998. The molecule has 0 saturated carbocycles. The van der Waals surface area contributed by atoms with E-state index in [1.54, 1.807) is 11.3 Å². The lowest BCUT2D eigenvalue weighted by atomic mass is 10.1. The van der Waals surface area contributed by atoms with Gasteiger partial charge in [-0.05, 0) is 31.4 Å². The molecular formula is C15H19NO2S. The first-order valence-corrected chi connectivity index (χ1v) is 7.32. The molecule has 0 bridgehead atoms. The lowest BCUT2D eigenvalue weighted by molar-refractivity contribution is 0.277. The number of aliphatic hydroxyl groups excluding tert-OH is 1. The molecule has 0 fully saturated rings. The van der Waals surface area contributed by atoms with Gasteiger partial charge < -0.3 is 9.84 Å². The molecule has 1 aromatic carbocycles. The predicted octanol–water partition coefficient (Wildman–Crippen LogP) is 3.26. The van der Waals surface area contributed by atoms with Crippen LogP contribution in [0.25, 0.3) is 0 Å². The second kappa shape index (κ2) is 6.68. The van der Waals surface area contributed by atoms with E-state index >= 15 is 0 Å². The summed E-state index contributed by atoms with van der Waals surface area (Å²) >= 11 is 1.60. The van der Waals surface area contributed by atoms with Crippen molar-refractivity contribution in [3.63, 3.8) is 0 Å². The van der Waals surface area contributed by atoms with Gasteiger partial charge in [0.25, 0.3) is 0 Å². The van der Waals surface area contributed by atoms with Crippen molar-refractivity contribution in [2.24, 2.45) is 0 Å². The molecule has 3 nitrogen and oxygen atoms in total. The Kier molecular flexibility index (Phi) is 4.93. The van der Waals surface area contributed by atoms with Crippen molar-refractivity contribution in [3.05, 3.63) is 45.4 Å². The maximum Gasteiger partial charge on any atom is 0.125 e. The summed E-state index contributed by atoms with van der Waals surface area (Å²) in [6.07, 6.45) is 1.84. The van der Waals surface area contributed by atoms with Crippen molar-refractivity contribution in [1.29, 1.82) is 0 Å². The molecule has 0 saturated heterocycles. The standard InChI is InChI=1S/C15H19NO2S/c1-11-5-3-6-12(2)15(11)18-8-4-7-14-16-13(9-17)10-19-14/h3,5-6,10,17H,4,7-9H2,1-2H3. The van der Waals surface area contributed by atoms with Crippen LogP contribution in [0.1, 0.15) is 28.2 Å². The molecule has 0 spiro atoms. The quantitative estimate of drug-likeness (QED) is 0.824.